The van der Waals surface area contributed by atoms with Crippen LogP contribution < -0.4 is 24.9 Å². The lowest BCUT2D eigenvalue weighted by Gasteiger charge is -2.22. The third kappa shape index (κ3) is 4.52. The Morgan fingerprint density at radius 3 is 2.75 bits per heavy atom. The van der Waals surface area contributed by atoms with Gasteiger partial charge in [0, 0.05) is 19.1 Å². The van der Waals surface area contributed by atoms with Gasteiger partial charge in [0.25, 0.3) is 11.5 Å². The van der Waals surface area contributed by atoms with Crippen LogP contribution in [0, 0.1) is 0 Å². The first kappa shape index (κ1) is 18.9. The maximum Gasteiger partial charge on any atom is 0.270 e. The molecule has 28 heavy (non-hydrogen) atoms. The summed E-state index contributed by atoms with van der Waals surface area (Å²) in [6.45, 7) is 1.57. The Balaban J connectivity index is 1.37. The Kier molecular flexibility index (Phi) is 5.90. The summed E-state index contributed by atoms with van der Waals surface area (Å²) in [6.07, 6.45) is 8.58. The fourth-order valence-corrected chi connectivity index (χ4v) is 4.73. The Morgan fingerprint density at radius 2 is 2.00 bits per heavy atom. The summed E-state index contributed by atoms with van der Waals surface area (Å²) in [5.41, 5.74) is 0.957. The summed E-state index contributed by atoms with van der Waals surface area (Å²) in [4.78, 5) is 29.7. The van der Waals surface area contributed by atoms with Crippen LogP contribution >= 0.6 is 11.3 Å². The fourth-order valence-electron chi connectivity index (χ4n) is 3.70. The molecule has 7 heteroatoms. The molecule has 2 aliphatic rings. The lowest BCUT2D eigenvalue weighted by Crippen LogP contribution is -2.38. The molecule has 0 spiro atoms. The number of carbonyl (C=O) groups excluding carboxylic acids is 1. The molecule has 1 saturated carbocycles. The third-order valence-electron chi connectivity index (χ3n) is 5.19. The monoisotopic (exact) mass is 399 g/mol. The Bertz CT molecular complexity index is 1000. The van der Waals surface area contributed by atoms with E-state index in [1.54, 1.807) is 4.57 Å². The highest BCUT2D eigenvalue weighted by Gasteiger charge is 2.15. The van der Waals surface area contributed by atoms with Gasteiger partial charge >= 0.3 is 0 Å². The van der Waals surface area contributed by atoms with E-state index in [1.807, 2.05) is 30.3 Å². The molecule has 4 rings (SSSR count). The number of fused-ring (bicyclic) bond motifs is 1. The maximum atomic E-state index is 12.4. The Morgan fingerprint density at radius 1 is 1.21 bits per heavy atom. The first-order chi connectivity index (χ1) is 13.7. The van der Waals surface area contributed by atoms with Gasteiger partial charge in [0.15, 0.2) is 11.4 Å². The van der Waals surface area contributed by atoms with E-state index in [4.69, 9.17) is 4.74 Å². The van der Waals surface area contributed by atoms with Crippen LogP contribution in [0.1, 0.15) is 44.1 Å². The molecule has 1 aliphatic heterocycles. The lowest BCUT2D eigenvalue weighted by atomic mass is 9.95. The molecule has 1 aromatic heterocycles. The van der Waals surface area contributed by atoms with Crippen molar-refractivity contribution in [2.75, 3.05) is 13.2 Å². The number of amides is 1. The summed E-state index contributed by atoms with van der Waals surface area (Å²) in [5.74, 6) is 0.580. The molecule has 1 amide bonds. The van der Waals surface area contributed by atoms with Gasteiger partial charge in [-0.05, 0) is 43.0 Å². The van der Waals surface area contributed by atoms with Crippen molar-refractivity contribution in [3.63, 3.8) is 0 Å². The minimum absolute atomic E-state index is 0.0278. The molecule has 0 atom stereocenters. The van der Waals surface area contributed by atoms with Gasteiger partial charge in [0.2, 0.25) is 0 Å². The van der Waals surface area contributed by atoms with E-state index in [1.165, 1.54) is 30.6 Å². The van der Waals surface area contributed by atoms with Crippen LogP contribution in [0.2, 0.25) is 0 Å². The first-order valence-electron chi connectivity index (χ1n) is 9.97. The van der Waals surface area contributed by atoms with Crippen molar-refractivity contribution in [3.8, 4) is 5.75 Å². The van der Waals surface area contributed by atoms with Crippen LogP contribution in [0.3, 0.4) is 0 Å². The number of hydrogen-bond acceptors (Lipinski definition) is 5. The SMILES string of the molecule is O=C(COc1ccc(C=c2sc3n(c2=O)CCCN=3)cc1)NC1CCCCC1. The van der Waals surface area contributed by atoms with E-state index < -0.39 is 0 Å². The van der Waals surface area contributed by atoms with Crippen molar-refractivity contribution in [1.29, 1.82) is 0 Å². The predicted octanol–water partition coefficient (Wildman–Crippen LogP) is 1.59. The average molecular weight is 400 g/mol. The number of hydrogen-bond donors (Lipinski definition) is 1. The van der Waals surface area contributed by atoms with E-state index in [-0.39, 0.29) is 18.1 Å². The number of ether oxygens (including phenoxy) is 1. The highest BCUT2D eigenvalue weighted by molar-refractivity contribution is 7.07. The smallest absolute Gasteiger partial charge is 0.270 e. The number of nitrogens with zero attached hydrogens (tertiary/aromatic N) is 2. The summed E-state index contributed by atoms with van der Waals surface area (Å²) in [7, 11) is 0. The molecule has 0 saturated heterocycles. The molecular formula is C21H25N3O3S. The standard InChI is InChI=1S/C21H25N3O3S/c25-19(23-16-5-2-1-3-6-16)14-27-17-9-7-15(8-10-17)13-18-20(26)24-12-4-11-22-21(24)28-18/h7-10,13,16H,1-6,11-12,14H2,(H,23,25). The largest absolute Gasteiger partial charge is 0.484 e. The van der Waals surface area contributed by atoms with E-state index in [0.29, 0.717) is 16.3 Å². The normalized spacial score (nSPS) is 17.6. The van der Waals surface area contributed by atoms with Gasteiger partial charge in [0.1, 0.15) is 5.75 Å². The summed E-state index contributed by atoms with van der Waals surface area (Å²) in [6, 6.07) is 7.75. The van der Waals surface area contributed by atoms with Crippen LogP contribution in [0.25, 0.3) is 6.08 Å². The van der Waals surface area contributed by atoms with Crippen molar-refractivity contribution in [1.82, 2.24) is 9.88 Å². The number of aromatic nitrogens is 1. The Hall–Kier alpha value is -2.41. The highest BCUT2D eigenvalue weighted by Crippen LogP contribution is 2.17. The summed E-state index contributed by atoms with van der Waals surface area (Å²) >= 11 is 1.44. The molecule has 0 unspecified atom stereocenters. The number of carbonyl (C=O) groups is 1. The van der Waals surface area contributed by atoms with Gasteiger partial charge < -0.3 is 10.1 Å². The van der Waals surface area contributed by atoms with Gasteiger partial charge in [-0.25, -0.2) is 0 Å². The molecule has 0 bridgehead atoms. The molecule has 2 aromatic rings. The molecule has 1 N–H and O–H groups in total. The maximum absolute atomic E-state index is 12.4. The molecule has 1 fully saturated rings. The van der Waals surface area contributed by atoms with E-state index in [9.17, 15) is 9.59 Å². The molecule has 6 nitrogen and oxygen atoms in total. The van der Waals surface area contributed by atoms with Gasteiger partial charge in [-0.1, -0.05) is 42.7 Å². The molecular weight excluding hydrogens is 374 g/mol. The second-order valence-electron chi connectivity index (χ2n) is 7.35. The van der Waals surface area contributed by atoms with E-state index >= 15 is 0 Å². The second kappa shape index (κ2) is 8.73. The van der Waals surface area contributed by atoms with Crippen LogP contribution in [0.15, 0.2) is 34.1 Å². The zero-order valence-corrected chi connectivity index (χ0v) is 16.7. The van der Waals surface area contributed by atoms with Crippen molar-refractivity contribution < 1.29 is 9.53 Å². The predicted molar refractivity (Wildman–Crippen MR) is 109 cm³/mol. The van der Waals surface area contributed by atoms with Crippen molar-refractivity contribution in [2.24, 2.45) is 4.99 Å². The third-order valence-corrected chi connectivity index (χ3v) is 6.24. The van der Waals surface area contributed by atoms with E-state index in [0.717, 1.165) is 42.7 Å². The number of rotatable bonds is 5. The number of nitrogens with one attached hydrogen (secondary N) is 1. The topological polar surface area (TPSA) is 72.7 Å². The van der Waals surface area contributed by atoms with Gasteiger partial charge in [-0.15, -0.1) is 0 Å². The van der Waals surface area contributed by atoms with Crippen LogP contribution in [0.4, 0.5) is 0 Å². The van der Waals surface area contributed by atoms with Gasteiger partial charge in [-0.2, -0.15) is 0 Å². The lowest BCUT2D eigenvalue weighted by molar-refractivity contribution is -0.124. The second-order valence-corrected chi connectivity index (χ2v) is 8.35. The first-order valence-corrected chi connectivity index (χ1v) is 10.8. The Labute approximate surface area is 167 Å². The molecule has 0 radical (unpaired) electrons. The summed E-state index contributed by atoms with van der Waals surface area (Å²) in [5, 5.41) is 3.05. The summed E-state index contributed by atoms with van der Waals surface area (Å²) < 4.78 is 8.05. The zero-order chi connectivity index (χ0) is 19.3. The number of benzene rings is 1. The van der Waals surface area contributed by atoms with Crippen molar-refractivity contribution >= 4 is 23.3 Å². The fraction of sp³-hybridized carbons (Fsp3) is 0.476. The van der Waals surface area contributed by atoms with Crippen LogP contribution in [-0.4, -0.2) is 29.7 Å². The molecule has 148 valence electrons. The van der Waals surface area contributed by atoms with Gasteiger partial charge in [0.05, 0.1) is 4.53 Å². The molecule has 1 aliphatic carbocycles. The average Bonchev–Trinajstić information content (AvgIpc) is 3.04. The van der Waals surface area contributed by atoms with Crippen molar-refractivity contribution in [3.05, 3.63) is 49.5 Å². The highest BCUT2D eigenvalue weighted by atomic mass is 32.1. The van der Waals surface area contributed by atoms with Crippen LogP contribution in [-0.2, 0) is 11.3 Å². The van der Waals surface area contributed by atoms with E-state index in [2.05, 4.69) is 10.3 Å². The zero-order valence-electron chi connectivity index (χ0n) is 15.9. The molecule has 2 heterocycles. The van der Waals surface area contributed by atoms with Crippen LogP contribution in [0.5, 0.6) is 5.75 Å². The quantitative estimate of drug-likeness (QED) is 0.830. The minimum atomic E-state index is -0.0662. The molecule has 1 aromatic carbocycles. The van der Waals surface area contributed by atoms with Gasteiger partial charge in [-0.3, -0.25) is 19.1 Å². The minimum Gasteiger partial charge on any atom is -0.484 e. The number of thiazole rings is 1. The van der Waals surface area contributed by atoms with Crippen molar-refractivity contribution in [2.45, 2.75) is 51.1 Å².